The second-order valence-corrected chi connectivity index (χ2v) is 7.00. The summed E-state index contributed by atoms with van der Waals surface area (Å²) in [5, 5.41) is 8.94. The van der Waals surface area contributed by atoms with Crippen molar-refractivity contribution in [1.82, 2.24) is 20.9 Å². The molecule has 3 amide bonds. The molecule has 3 N–H and O–H groups in total. The van der Waals surface area contributed by atoms with E-state index < -0.39 is 0 Å². The lowest BCUT2D eigenvalue weighted by molar-refractivity contribution is -0.140. The Morgan fingerprint density at radius 3 is 2.35 bits per heavy atom. The number of hydrogen-bond acceptors (Lipinski definition) is 4. The molecule has 0 aromatic heterocycles. The van der Waals surface area contributed by atoms with Crippen molar-refractivity contribution in [2.45, 2.75) is 20.3 Å². The smallest absolute Gasteiger partial charge is 0.233 e. The summed E-state index contributed by atoms with van der Waals surface area (Å²) in [5.41, 5.74) is 0. The summed E-state index contributed by atoms with van der Waals surface area (Å²) in [6, 6.07) is 0. The molecule has 0 aromatic rings. The molecule has 1 saturated heterocycles. The molecule has 0 spiro atoms. The number of likely N-dealkylation sites (tertiary alicyclic amines) is 1. The predicted molar refractivity (Wildman–Crippen MR) is 97.1 cm³/mol. The molecule has 3 rings (SSSR count). The average molecular weight is 361 g/mol. The van der Waals surface area contributed by atoms with E-state index in [2.05, 4.69) is 33.1 Å². The fourth-order valence-corrected chi connectivity index (χ4v) is 4.21. The van der Waals surface area contributed by atoms with Crippen LogP contribution in [0, 0.1) is 23.7 Å². The highest BCUT2D eigenvalue weighted by molar-refractivity contribution is 6.06. The van der Waals surface area contributed by atoms with Crippen LogP contribution in [0.5, 0.6) is 0 Å². The van der Waals surface area contributed by atoms with Crippen LogP contribution in [-0.4, -0.2) is 61.3 Å². The van der Waals surface area contributed by atoms with Gasteiger partial charge in [-0.05, 0) is 25.2 Å². The van der Waals surface area contributed by atoms with Gasteiger partial charge in [0.25, 0.3) is 0 Å². The number of guanidine groups is 1. The van der Waals surface area contributed by atoms with Gasteiger partial charge in [0, 0.05) is 33.1 Å². The lowest BCUT2D eigenvalue weighted by Crippen LogP contribution is -2.44. The first kappa shape index (κ1) is 18.4. The highest BCUT2D eigenvalue weighted by atomic mass is 16.2. The monoisotopic (exact) mass is 361 g/mol. The number of amides is 3. The summed E-state index contributed by atoms with van der Waals surface area (Å²) >= 11 is 0. The maximum Gasteiger partial charge on any atom is 0.233 e. The zero-order chi connectivity index (χ0) is 18.7. The molecule has 26 heavy (non-hydrogen) atoms. The summed E-state index contributed by atoms with van der Waals surface area (Å²) in [4.78, 5) is 41.9. The second-order valence-electron chi connectivity index (χ2n) is 7.00. The Labute approximate surface area is 153 Å². The van der Waals surface area contributed by atoms with Gasteiger partial charge in [-0.3, -0.25) is 24.3 Å². The first-order valence-electron chi connectivity index (χ1n) is 9.33. The molecule has 1 heterocycles. The van der Waals surface area contributed by atoms with E-state index in [0.717, 1.165) is 6.42 Å². The van der Waals surface area contributed by atoms with E-state index in [1.807, 2.05) is 6.92 Å². The minimum atomic E-state index is -0.142. The van der Waals surface area contributed by atoms with Crippen molar-refractivity contribution in [3.8, 4) is 0 Å². The van der Waals surface area contributed by atoms with E-state index in [1.165, 1.54) is 11.8 Å². The number of carbonyl (C=O) groups is 3. The van der Waals surface area contributed by atoms with E-state index >= 15 is 0 Å². The average Bonchev–Trinajstić information content (AvgIpc) is 3.27. The molecule has 3 aliphatic rings. The van der Waals surface area contributed by atoms with E-state index in [1.54, 1.807) is 0 Å². The Morgan fingerprint density at radius 1 is 1.12 bits per heavy atom. The molecule has 0 radical (unpaired) electrons. The summed E-state index contributed by atoms with van der Waals surface area (Å²) in [6.45, 7) is 5.85. The molecule has 4 unspecified atom stereocenters. The second kappa shape index (κ2) is 7.88. The van der Waals surface area contributed by atoms with Gasteiger partial charge in [0.1, 0.15) is 0 Å². The summed E-state index contributed by atoms with van der Waals surface area (Å²) in [5.74, 6) is 0.683. The van der Waals surface area contributed by atoms with Crippen molar-refractivity contribution in [2.75, 3.05) is 32.7 Å². The molecule has 1 aliphatic heterocycles. The van der Waals surface area contributed by atoms with E-state index in [4.69, 9.17) is 0 Å². The van der Waals surface area contributed by atoms with Crippen LogP contribution in [0.15, 0.2) is 17.1 Å². The van der Waals surface area contributed by atoms with Crippen LogP contribution >= 0.6 is 0 Å². The van der Waals surface area contributed by atoms with Gasteiger partial charge in [-0.1, -0.05) is 12.2 Å². The standard InChI is InChI=1S/C18H27N5O3/c1-3-19-18(21-7-6-20-11(2)24)22-8-9-23-16(25)14-12-4-5-13(10-12)15(14)17(23)26/h4-5,12-15H,3,6-10H2,1-2H3,(H,20,24)(H2,19,21,22). The topological polar surface area (TPSA) is 103 Å². The van der Waals surface area contributed by atoms with E-state index in [9.17, 15) is 14.4 Å². The SMILES string of the molecule is CCNC(=NCCNC(C)=O)NCCN1C(=O)C2C3C=CC(C3)C2C1=O. The van der Waals surface area contributed by atoms with Gasteiger partial charge in [0.2, 0.25) is 17.7 Å². The molecule has 2 fully saturated rings. The van der Waals surface area contributed by atoms with Gasteiger partial charge >= 0.3 is 0 Å². The van der Waals surface area contributed by atoms with Gasteiger partial charge in [-0.25, -0.2) is 0 Å². The van der Waals surface area contributed by atoms with Crippen LogP contribution in [0.1, 0.15) is 20.3 Å². The number of imide groups is 1. The third kappa shape index (κ3) is 3.59. The number of rotatable bonds is 7. The Morgan fingerprint density at radius 2 is 1.77 bits per heavy atom. The van der Waals surface area contributed by atoms with Gasteiger partial charge in [0.05, 0.1) is 18.4 Å². The highest BCUT2D eigenvalue weighted by Crippen LogP contribution is 2.52. The number of fused-ring (bicyclic) bond motifs is 5. The Bertz CT molecular complexity index is 615. The highest BCUT2D eigenvalue weighted by Gasteiger charge is 2.58. The first-order chi connectivity index (χ1) is 12.5. The van der Waals surface area contributed by atoms with Crippen LogP contribution in [0.3, 0.4) is 0 Å². The lowest BCUT2D eigenvalue weighted by Gasteiger charge is -2.18. The summed E-state index contributed by atoms with van der Waals surface area (Å²) in [6.07, 6.45) is 5.15. The molecular weight excluding hydrogens is 334 g/mol. The molecule has 2 aliphatic carbocycles. The molecule has 2 bridgehead atoms. The normalized spacial score (nSPS) is 29.3. The van der Waals surface area contributed by atoms with Crippen LogP contribution in [0.25, 0.3) is 0 Å². The molecule has 8 heteroatoms. The molecule has 0 aromatic carbocycles. The minimum absolute atomic E-state index is 0.0220. The number of aliphatic imine (C=N–C) groups is 1. The Balaban J connectivity index is 1.49. The first-order valence-corrected chi connectivity index (χ1v) is 9.33. The van der Waals surface area contributed by atoms with Crippen LogP contribution < -0.4 is 16.0 Å². The van der Waals surface area contributed by atoms with Crippen LogP contribution in [0.4, 0.5) is 0 Å². The number of nitrogens with zero attached hydrogens (tertiary/aromatic N) is 2. The number of allylic oxidation sites excluding steroid dienone is 2. The van der Waals surface area contributed by atoms with Crippen molar-refractivity contribution < 1.29 is 14.4 Å². The predicted octanol–water partition coefficient (Wildman–Crippen LogP) is -0.515. The fraction of sp³-hybridized carbons (Fsp3) is 0.667. The zero-order valence-electron chi connectivity index (χ0n) is 15.3. The van der Waals surface area contributed by atoms with Crippen molar-refractivity contribution in [2.24, 2.45) is 28.7 Å². The Kier molecular flexibility index (Phi) is 5.58. The Hall–Kier alpha value is -2.38. The summed E-state index contributed by atoms with van der Waals surface area (Å²) < 4.78 is 0. The van der Waals surface area contributed by atoms with Gasteiger partial charge in [-0.2, -0.15) is 0 Å². The van der Waals surface area contributed by atoms with E-state index in [-0.39, 0.29) is 41.4 Å². The molecule has 4 atom stereocenters. The van der Waals surface area contributed by atoms with Gasteiger partial charge in [0.15, 0.2) is 5.96 Å². The van der Waals surface area contributed by atoms with Crippen LogP contribution in [-0.2, 0) is 14.4 Å². The summed E-state index contributed by atoms with van der Waals surface area (Å²) in [7, 11) is 0. The van der Waals surface area contributed by atoms with Crippen molar-refractivity contribution >= 4 is 23.7 Å². The molecular formula is C18H27N5O3. The quantitative estimate of drug-likeness (QED) is 0.186. The number of carbonyl (C=O) groups excluding carboxylic acids is 3. The number of hydrogen-bond donors (Lipinski definition) is 3. The maximum absolute atomic E-state index is 12.6. The van der Waals surface area contributed by atoms with Crippen molar-refractivity contribution in [3.63, 3.8) is 0 Å². The molecule has 8 nitrogen and oxygen atoms in total. The largest absolute Gasteiger partial charge is 0.357 e. The van der Waals surface area contributed by atoms with Gasteiger partial charge in [-0.15, -0.1) is 0 Å². The van der Waals surface area contributed by atoms with E-state index in [0.29, 0.717) is 38.7 Å². The van der Waals surface area contributed by atoms with Crippen molar-refractivity contribution in [1.29, 1.82) is 0 Å². The zero-order valence-corrected chi connectivity index (χ0v) is 15.3. The third-order valence-corrected chi connectivity index (χ3v) is 5.29. The molecule has 142 valence electrons. The van der Waals surface area contributed by atoms with Crippen LogP contribution in [0.2, 0.25) is 0 Å². The lowest BCUT2D eigenvalue weighted by atomic mass is 9.85. The van der Waals surface area contributed by atoms with Gasteiger partial charge < -0.3 is 16.0 Å². The number of nitrogens with one attached hydrogen (secondary N) is 3. The van der Waals surface area contributed by atoms with Crippen molar-refractivity contribution in [3.05, 3.63) is 12.2 Å². The fourth-order valence-electron chi connectivity index (χ4n) is 4.21. The third-order valence-electron chi connectivity index (χ3n) is 5.29. The minimum Gasteiger partial charge on any atom is -0.357 e. The maximum atomic E-state index is 12.6. The molecule has 1 saturated carbocycles.